The summed E-state index contributed by atoms with van der Waals surface area (Å²) in [4.78, 5) is 0. The lowest BCUT2D eigenvalue weighted by molar-refractivity contribution is 0.0880. The molecule has 0 bridgehead atoms. The fourth-order valence-electron chi connectivity index (χ4n) is 2.59. The average Bonchev–Trinajstić information content (AvgIpc) is 2.84. The molecule has 0 radical (unpaired) electrons. The van der Waals surface area contributed by atoms with Gasteiger partial charge in [-0.05, 0) is 26.3 Å². The van der Waals surface area contributed by atoms with Crippen LogP contribution in [-0.2, 0) is 11.3 Å². The molecule has 21 heavy (non-hydrogen) atoms. The second kappa shape index (κ2) is 6.54. The first-order valence-corrected chi connectivity index (χ1v) is 7.19. The molecule has 2 atom stereocenters. The van der Waals surface area contributed by atoms with E-state index in [0.29, 0.717) is 18.0 Å². The number of methoxy groups -OCH3 is 3. The lowest BCUT2D eigenvalue weighted by atomic mass is 9.94. The summed E-state index contributed by atoms with van der Waals surface area (Å²) in [5.41, 5.74) is 1.02. The Kier molecular flexibility index (Phi) is 4.96. The molecule has 0 saturated carbocycles. The molecule has 2 unspecified atom stereocenters. The second-order valence-electron chi connectivity index (χ2n) is 5.55. The van der Waals surface area contributed by atoms with Crippen LogP contribution in [-0.4, -0.2) is 39.6 Å². The molecule has 5 heteroatoms. The summed E-state index contributed by atoms with van der Waals surface area (Å²) >= 11 is 0. The van der Waals surface area contributed by atoms with Crippen molar-refractivity contribution in [1.29, 1.82) is 0 Å². The zero-order valence-corrected chi connectivity index (χ0v) is 13.5. The average molecular weight is 295 g/mol. The zero-order valence-electron chi connectivity index (χ0n) is 13.5. The van der Waals surface area contributed by atoms with Crippen molar-refractivity contribution >= 4 is 0 Å². The summed E-state index contributed by atoms with van der Waals surface area (Å²) in [5.74, 6) is 2.16. The lowest BCUT2D eigenvalue weighted by Gasteiger charge is -2.29. The molecule has 1 aromatic carbocycles. The van der Waals surface area contributed by atoms with Crippen LogP contribution in [0.2, 0.25) is 0 Å². The molecule has 0 aliphatic carbocycles. The Morgan fingerprint density at radius 3 is 2.29 bits per heavy atom. The van der Waals surface area contributed by atoms with Crippen molar-refractivity contribution in [2.75, 3.05) is 27.9 Å². The Morgan fingerprint density at radius 1 is 1.14 bits per heavy atom. The largest absolute Gasteiger partial charge is 0.496 e. The van der Waals surface area contributed by atoms with Gasteiger partial charge in [-0.15, -0.1) is 0 Å². The lowest BCUT2D eigenvalue weighted by Crippen LogP contribution is -2.47. The van der Waals surface area contributed by atoms with E-state index in [1.54, 1.807) is 21.3 Å². The van der Waals surface area contributed by atoms with Gasteiger partial charge in [-0.3, -0.25) is 0 Å². The van der Waals surface area contributed by atoms with Crippen molar-refractivity contribution in [3.8, 4) is 17.2 Å². The van der Waals surface area contributed by atoms with Gasteiger partial charge in [0.15, 0.2) is 11.5 Å². The third-order valence-corrected chi connectivity index (χ3v) is 4.36. The molecule has 0 amide bonds. The topological polar surface area (TPSA) is 49.0 Å². The SMILES string of the molecule is COc1cc(OC)c(OC)cc1CNC1(C)CCOC1C. The van der Waals surface area contributed by atoms with Gasteiger partial charge in [0.25, 0.3) is 0 Å². The van der Waals surface area contributed by atoms with Crippen LogP contribution in [0, 0.1) is 0 Å². The van der Waals surface area contributed by atoms with Gasteiger partial charge in [0.05, 0.1) is 27.4 Å². The fourth-order valence-corrected chi connectivity index (χ4v) is 2.59. The van der Waals surface area contributed by atoms with E-state index in [9.17, 15) is 0 Å². The van der Waals surface area contributed by atoms with Crippen LogP contribution in [0.15, 0.2) is 12.1 Å². The van der Waals surface area contributed by atoms with E-state index in [1.165, 1.54) is 0 Å². The minimum absolute atomic E-state index is 0.0157. The molecule has 1 heterocycles. The molecule has 118 valence electrons. The molecular weight excluding hydrogens is 270 g/mol. The first-order chi connectivity index (χ1) is 10.0. The molecule has 1 aliphatic rings. The van der Waals surface area contributed by atoms with Crippen LogP contribution >= 0.6 is 0 Å². The maximum absolute atomic E-state index is 5.66. The molecule has 1 fully saturated rings. The first kappa shape index (κ1) is 15.9. The molecule has 5 nitrogen and oxygen atoms in total. The maximum atomic E-state index is 5.66. The maximum Gasteiger partial charge on any atom is 0.164 e. The molecule has 1 aromatic rings. The van der Waals surface area contributed by atoms with Gasteiger partial charge in [-0.25, -0.2) is 0 Å². The Hall–Kier alpha value is -1.46. The van der Waals surface area contributed by atoms with Crippen LogP contribution in [0.1, 0.15) is 25.8 Å². The highest BCUT2D eigenvalue weighted by atomic mass is 16.5. The smallest absolute Gasteiger partial charge is 0.164 e. The van der Waals surface area contributed by atoms with Crippen molar-refractivity contribution in [1.82, 2.24) is 5.32 Å². The molecule has 2 rings (SSSR count). The quantitative estimate of drug-likeness (QED) is 0.873. The van der Waals surface area contributed by atoms with E-state index < -0.39 is 0 Å². The number of rotatable bonds is 6. The summed E-state index contributed by atoms with van der Waals surface area (Å²) < 4.78 is 21.8. The van der Waals surface area contributed by atoms with Gasteiger partial charge < -0.3 is 24.3 Å². The molecule has 0 aromatic heterocycles. The predicted molar refractivity (Wildman–Crippen MR) is 81.4 cm³/mol. The minimum atomic E-state index is -0.0157. The van der Waals surface area contributed by atoms with E-state index in [2.05, 4.69) is 19.2 Å². The van der Waals surface area contributed by atoms with Crippen LogP contribution in [0.5, 0.6) is 17.2 Å². The van der Waals surface area contributed by atoms with E-state index >= 15 is 0 Å². The van der Waals surface area contributed by atoms with Crippen molar-refractivity contribution < 1.29 is 18.9 Å². The highest BCUT2D eigenvalue weighted by molar-refractivity contribution is 5.50. The number of hydrogen-bond donors (Lipinski definition) is 1. The summed E-state index contributed by atoms with van der Waals surface area (Å²) in [6.45, 7) is 5.78. The highest BCUT2D eigenvalue weighted by Gasteiger charge is 2.36. The van der Waals surface area contributed by atoms with E-state index in [4.69, 9.17) is 18.9 Å². The molecule has 1 N–H and O–H groups in total. The van der Waals surface area contributed by atoms with Crippen molar-refractivity contribution in [3.05, 3.63) is 17.7 Å². The van der Waals surface area contributed by atoms with Crippen molar-refractivity contribution in [2.24, 2.45) is 0 Å². The molecule has 1 aliphatic heterocycles. The van der Waals surface area contributed by atoms with Crippen molar-refractivity contribution in [2.45, 2.75) is 38.5 Å². The number of hydrogen-bond acceptors (Lipinski definition) is 5. The monoisotopic (exact) mass is 295 g/mol. The van der Waals surface area contributed by atoms with Gasteiger partial charge in [0.2, 0.25) is 0 Å². The van der Waals surface area contributed by atoms with E-state index in [1.807, 2.05) is 12.1 Å². The Labute approximate surface area is 126 Å². The van der Waals surface area contributed by atoms with Crippen molar-refractivity contribution in [3.63, 3.8) is 0 Å². The molecule has 1 saturated heterocycles. The Balaban J connectivity index is 2.19. The number of ether oxygens (including phenoxy) is 4. The van der Waals surface area contributed by atoms with Gasteiger partial charge in [0, 0.05) is 30.3 Å². The molecule has 0 spiro atoms. The predicted octanol–water partition coefficient (Wildman–Crippen LogP) is 2.37. The fraction of sp³-hybridized carbons (Fsp3) is 0.625. The Bertz CT molecular complexity index is 491. The third kappa shape index (κ3) is 3.24. The van der Waals surface area contributed by atoms with E-state index in [0.717, 1.165) is 24.3 Å². The Morgan fingerprint density at radius 2 is 1.76 bits per heavy atom. The van der Waals surface area contributed by atoms with Crippen LogP contribution in [0.25, 0.3) is 0 Å². The summed E-state index contributed by atoms with van der Waals surface area (Å²) in [6.07, 6.45) is 1.20. The summed E-state index contributed by atoms with van der Waals surface area (Å²) in [5, 5.41) is 3.59. The van der Waals surface area contributed by atoms with Gasteiger partial charge in [0.1, 0.15) is 5.75 Å². The van der Waals surface area contributed by atoms with Crippen LogP contribution < -0.4 is 19.5 Å². The van der Waals surface area contributed by atoms with Gasteiger partial charge >= 0.3 is 0 Å². The summed E-state index contributed by atoms with van der Waals surface area (Å²) in [7, 11) is 4.91. The first-order valence-electron chi connectivity index (χ1n) is 7.19. The van der Waals surface area contributed by atoms with Crippen LogP contribution in [0.4, 0.5) is 0 Å². The summed E-state index contributed by atoms with van der Waals surface area (Å²) in [6, 6.07) is 3.81. The van der Waals surface area contributed by atoms with Crippen LogP contribution in [0.3, 0.4) is 0 Å². The highest BCUT2D eigenvalue weighted by Crippen LogP contribution is 2.35. The van der Waals surface area contributed by atoms with E-state index in [-0.39, 0.29) is 11.6 Å². The zero-order chi connectivity index (χ0) is 15.5. The normalized spacial score (nSPS) is 24.9. The third-order valence-electron chi connectivity index (χ3n) is 4.36. The number of benzene rings is 1. The molecular formula is C16H25NO4. The standard InChI is InChI=1S/C16H25NO4/c1-11-16(2,6-7-21-11)17-10-12-8-14(19-4)15(20-5)9-13(12)18-3/h8-9,11,17H,6-7,10H2,1-5H3. The van der Waals surface area contributed by atoms with Gasteiger partial charge in [-0.2, -0.15) is 0 Å². The number of nitrogens with one attached hydrogen (secondary N) is 1. The second-order valence-corrected chi connectivity index (χ2v) is 5.55. The minimum Gasteiger partial charge on any atom is -0.496 e. The van der Waals surface area contributed by atoms with Gasteiger partial charge in [-0.1, -0.05) is 0 Å².